The summed E-state index contributed by atoms with van der Waals surface area (Å²) in [5.74, 6) is 0.265. The Bertz CT molecular complexity index is 972. The second-order valence-corrected chi connectivity index (χ2v) is 6.50. The van der Waals surface area contributed by atoms with Crippen molar-refractivity contribution in [2.45, 2.75) is 25.3 Å². The molecule has 1 N–H and O–H groups in total. The topological polar surface area (TPSA) is 79.5 Å². The summed E-state index contributed by atoms with van der Waals surface area (Å²) >= 11 is 0. The molecule has 0 radical (unpaired) electrons. The molecule has 1 aliphatic heterocycles. The normalized spacial score (nSPS) is 16.6. The van der Waals surface area contributed by atoms with E-state index in [1.807, 2.05) is 6.07 Å². The molecule has 0 aliphatic carbocycles. The van der Waals surface area contributed by atoms with Crippen LogP contribution in [-0.2, 0) is 6.42 Å². The van der Waals surface area contributed by atoms with E-state index in [2.05, 4.69) is 9.97 Å². The zero-order valence-corrected chi connectivity index (χ0v) is 14.5. The summed E-state index contributed by atoms with van der Waals surface area (Å²) in [7, 11) is 0. The van der Waals surface area contributed by atoms with Gasteiger partial charge >= 0.3 is 0 Å². The molecule has 0 spiro atoms. The van der Waals surface area contributed by atoms with Crippen molar-refractivity contribution in [3.8, 4) is 5.75 Å². The number of pyridine rings is 1. The number of likely N-dealkylation sites (tertiary alicyclic amines) is 1. The van der Waals surface area contributed by atoms with Crippen LogP contribution in [0.25, 0.3) is 0 Å². The standard InChI is InChI=1S/C20H18FN3O3/c21-14-5-1-4-13(10-14)11-15-12-23-19(27-15)16-6-3-9-24(16)20(26)18-17(25)7-2-8-22-18/h1-2,4-5,7-8,10,12,16,25H,3,6,9,11H2. The summed E-state index contributed by atoms with van der Waals surface area (Å²) in [6.07, 6.45) is 5.04. The number of rotatable bonds is 4. The van der Waals surface area contributed by atoms with E-state index in [4.69, 9.17) is 4.42 Å². The molecule has 2 aromatic heterocycles. The molecular weight excluding hydrogens is 349 g/mol. The number of amides is 1. The van der Waals surface area contributed by atoms with E-state index >= 15 is 0 Å². The van der Waals surface area contributed by atoms with Gasteiger partial charge in [-0.25, -0.2) is 14.4 Å². The third-order valence-electron chi connectivity index (χ3n) is 4.63. The van der Waals surface area contributed by atoms with Crippen molar-refractivity contribution < 1.29 is 18.7 Å². The van der Waals surface area contributed by atoms with Gasteiger partial charge in [0, 0.05) is 19.2 Å². The van der Waals surface area contributed by atoms with E-state index in [0.29, 0.717) is 24.6 Å². The first-order valence-corrected chi connectivity index (χ1v) is 8.76. The van der Waals surface area contributed by atoms with Crippen LogP contribution in [0.4, 0.5) is 4.39 Å². The van der Waals surface area contributed by atoms with E-state index in [9.17, 15) is 14.3 Å². The SMILES string of the molecule is O=C(c1ncccc1O)N1CCCC1c1ncc(Cc2cccc(F)c2)o1. The Hall–Kier alpha value is -3.22. The fraction of sp³-hybridized carbons (Fsp3) is 0.250. The number of oxazole rings is 1. The van der Waals surface area contributed by atoms with Crippen molar-refractivity contribution in [1.29, 1.82) is 0 Å². The summed E-state index contributed by atoms with van der Waals surface area (Å²) < 4.78 is 19.2. The van der Waals surface area contributed by atoms with Crippen LogP contribution in [0, 0.1) is 5.82 Å². The van der Waals surface area contributed by atoms with Crippen LogP contribution in [0.15, 0.2) is 53.2 Å². The molecule has 7 heteroatoms. The molecule has 27 heavy (non-hydrogen) atoms. The van der Waals surface area contributed by atoms with Gasteiger partial charge in [-0.15, -0.1) is 0 Å². The minimum absolute atomic E-state index is 0.0240. The molecule has 1 aromatic carbocycles. The van der Waals surface area contributed by atoms with Crippen molar-refractivity contribution in [3.63, 3.8) is 0 Å². The maximum atomic E-state index is 13.3. The summed E-state index contributed by atoms with van der Waals surface area (Å²) in [6.45, 7) is 0.543. The second kappa shape index (κ2) is 7.19. The highest BCUT2D eigenvalue weighted by molar-refractivity contribution is 5.95. The third kappa shape index (κ3) is 3.53. The molecule has 138 valence electrons. The van der Waals surface area contributed by atoms with Crippen LogP contribution in [0.1, 0.15) is 46.6 Å². The Morgan fingerprint density at radius 3 is 3.00 bits per heavy atom. The van der Waals surface area contributed by atoms with Gasteiger partial charge in [-0.1, -0.05) is 12.1 Å². The Balaban J connectivity index is 1.53. The first kappa shape index (κ1) is 17.2. The summed E-state index contributed by atoms with van der Waals surface area (Å²) in [4.78, 5) is 22.7. The molecule has 4 rings (SSSR count). The number of carbonyl (C=O) groups is 1. The molecule has 3 aromatic rings. The van der Waals surface area contributed by atoms with E-state index in [-0.39, 0.29) is 29.2 Å². The molecule has 1 aliphatic rings. The third-order valence-corrected chi connectivity index (χ3v) is 4.63. The Kier molecular flexibility index (Phi) is 4.58. The van der Waals surface area contributed by atoms with Crippen LogP contribution in [0.2, 0.25) is 0 Å². The van der Waals surface area contributed by atoms with Gasteiger partial charge in [0.05, 0.1) is 6.20 Å². The van der Waals surface area contributed by atoms with Gasteiger partial charge in [-0.05, 0) is 42.7 Å². The highest BCUT2D eigenvalue weighted by atomic mass is 19.1. The average Bonchev–Trinajstić information content (AvgIpc) is 3.30. The molecule has 0 saturated carbocycles. The fourth-order valence-electron chi connectivity index (χ4n) is 3.37. The average molecular weight is 367 g/mol. The molecule has 1 atom stereocenters. The van der Waals surface area contributed by atoms with Crippen LogP contribution in [-0.4, -0.2) is 32.4 Å². The lowest BCUT2D eigenvalue weighted by atomic mass is 10.1. The molecule has 3 heterocycles. The van der Waals surface area contributed by atoms with Gasteiger partial charge in [0.2, 0.25) is 5.89 Å². The van der Waals surface area contributed by atoms with Crippen molar-refractivity contribution in [1.82, 2.24) is 14.9 Å². The number of benzene rings is 1. The Labute approximate surface area is 155 Å². The zero-order valence-electron chi connectivity index (χ0n) is 14.5. The quantitative estimate of drug-likeness (QED) is 0.764. The number of hydrogen-bond acceptors (Lipinski definition) is 5. The second-order valence-electron chi connectivity index (χ2n) is 6.50. The minimum atomic E-state index is -0.347. The smallest absolute Gasteiger partial charge is 0.276 e. The van der Waals surface area contributed by atoms with Gasteiger partial charge < -0.3 is 14.4 Å². The van der Waals surface area contributed by atoms with Gasteiger partial charge in [-0.2, -0.15) is 0 Å². The van der Waals surface area contributed by atoms with E-state index in [1.165, 1.54) is 24.4 Å². The molecule has 6 nitrogen and oxygen atoms in total. The predicted molar refractivity (Wildman–Crippen MR) is 94.6 cm³/mol. The highest BCUT2D eigenvalue weighted by Crippen LogP contribution is 2.33. The maximum absolute atomic E-state index is 13.3. The first-order chi connectivity index (χ1) is 13.1. The number of halogens is 1. The van der Waals surface area contributed by atoms with Crippen molar-refractivity contribution >= 4 is 5.91 Å². The van der Waals surface area contributed by atoms with Gasteiger partial charge in [-0.3, -0.25) is 4.79 Å². The van der Waals surface area contributed by atoms with Gasteiger partial charge in [0.15, 0.2) is 5.69 Å². The zero-order chi connectivity index (χ0) is 18.8. The van der Waals surface area contributed by atoms with Crippen molar-refractivity contribution in [2.24, 2.45) is 0 Å². The lowest BCUT2D eigenvalue weighted by Gasteiger charge is -2.22. The lowest BCUT2D eigenvalue weighted by molar-refractivity contribution is 0.0705. The van der Waals surface area contributed by atoms with E-state index in [0.717, 1.165) is 18.4 Å². The van der Waals surface area contributed by atoms with Crippen LogP contribution in [0.3, 0.4) is 0 Å². The van der Waals surface area contributed by atoms with E-state index < -0.39 is 0 Å². The van der Waals surface area contributed by atoms with Crippen LogP contribution < -0.4 is 0 Å². The summed E-state index contributed by atoms with van der Waals surface area (Å²) in [5, 5.41) is 9.91. The number of aromatic hydroxyl groups is 1. The van der Waals surface area contributed by atoms with Crippen LogP contribution >= 0.6 is 0 Å². The van der Waals surface area contributed by atoms with Crippen molar-refractivity contribution in [2.75, 3.05) is 6.54 Å². The molecular formula is C20H18FN3O3. The number of nitrogens with zero attached hydrogens (tertiary/aromatic N) is 3. The molecule has 1 saturated heterocycles. The molecule has 1 fully saturated rings. The maximum Gasteiger partial charge on any atom is 0.276 e. The molecule has 1 amide bonds. The summed E-state index contributed by atoms with van der Waals surface area (Å²) in [6, 6.07) is 9.02. The lowest BCUT2D eigenvalue weighted by Crippen LogP contribution is -2.31. The Morgan fingerprint density at radius 1 is 1.30 bits per heavy atom. The number of carbonyl (C=O) groups excluding carboxylic acids is 1. The molecule has 1 unspecified atom stereocenters. The highest BCUT2D eigenvalue weighted by Gasteiger charge is 2.35. The first-order valence-electron chi connectivity index (χ1n) is 8.76. The van der Waals surface area contributed by atoms with E-state index in [1.54, 1.807) is 23.2 Å². The number of aromatic nitrogens is 2. The monoisotopic (exact) mass is 367 g/mol. The minimum Gasteiger partial charge on any atom is -0.505 e. The predicted octanol–water partition coefficient (Wildman–Crippen LogP) is 3.48. The summed E-state index contributed by atoms with van der Waals surface area (Å²) in [5.41, 5.74) is 0.811. The molecule has 0 bridgehead atoms. The Morgan fingerprint density at radius 2 is 2.19 bits per heavy atom. The van der Waals surface area contributed by atoms with Crippen LogP contribution in [0.5, 0.6) is 5.75 Å². The fourth-order valence-corrected chi connectivity index (χ4v) is 3.37. The van der Waals surface area contributed by atoms with Gasteiger partial charge in [0.25, 0.3) is 5.91 Å². The number of hydrogen-bond donors (Lipinski definition) is 1. The largest absolute Gasteiger partial charge is 0.505 e. The van der Waals surface area contributed by atoms with Gasteiger partial charge in [0.1, 0.15) is 23.4 Å². The van der Waals surface area contributed by atoms with Crippen molar-refractivity contribution in [3.05, 3.63) is 77.5 Å².